The average Bonchev–Trinajstić information content (AvgIpc) is 2.81. The smallest absolute Gasteiger partial charge is 0.219 e. The van der Waals surface area contributed by atoms with Gasteiger partial charge >= 0.3 is 0 Å². The maximum Gasteiger partial charge on any atom is 0.219 e. The van der Waals surface area contributed by atoms with Crippen LogP contribution in [-0.2, 0) is 15.1 Å². The van der Waals surface area contributed by atoms with E-state index in [-0.39, 0.29) is 17.6 Å². The number of benzene rings is 2. The highest BCUT2D eigenvalue weighted by Crippen LogP contribution is 2.45. The van der Waals surface area contributed by atoms with Gasteiger partial charge in [-0.05, 0) is 73.9 Å². The van der Waals surface area contributed by atoms with E-state index in [2.05, 4.69) is 0 Å². The lowest BCUT2D eigenvalue weighted by molar-refractivity contribution is -0.134. The second-order valence-corrected chi connectivity index (χ2v) is 9.08. The Hall–Kier alpha value is -2.44. The fourth-order valence-corrected chi connectivity index (χ4v) is 5.04. The van der Waals surface area contributed by atoms with Crippen LogP contribution in [0.2, 0.25) is 0 Å². The van der Waals surface area contributed by atoms with Crippen molar-refractivity contribution in [2.75, 3.05) is 33.9 Å². The lowest BCUT2D eigenvalue weighted by Gasteiger charge is -2.43. The van der Waals surface area contributed by atoms with Crippen molar-refractivity contribution >= 4 is 5.91 Å². The molecule has 0 radical (unpaired) electrons. The Morgan fingerprint density at radius 3 is 2.73 bits per heavy atom. The molecule has 180 valence electrons. The van der Waals surface area contributed by atoms with E-state index < -0.39 is 5.60 Å². The van der Waals surface area contributed by atoms with Crippen molar-refractivity contribution in [3.05, 3.63) is 53.3 Å². The topological polar surface area (TPSA) is 59.0 Å². The third-order valence-electron chi connectivity index (χ3n) is 6.75. The molecule has 3 rings (SSSR count). The van der Waals surface area contributed by atoms with Crippen molar-refractivity contribution in [3.8, 4) is 16.9 Å². The van der Waals surface area contributed by atoms with Crippen LogP contribution in [0.3, 0.4) is 0 Å². The van der Waals surface area contributed by atoms with Gasteiger partial charge in [0.05, 0.1) is 12.7 Å². The third-order valence-corrected chi connectivity index (χ3v) is 6.75. The first-order valence-corrected chi connectivity index (χ1v) is 11.7. The quantitative estimate of drug-likeness (QED) is 0.534. The molecule has 2 aromatic rings. The molecule has 0 saturated carbocycles. The first-order valence-electron chi connectivity index (χ1n) is 11.7. The number of nitrogens with zero attached hydrogens (tertiary/aromatic N) is 1. The van der Waals surface area contributed by atoms with Gasteiger partial charge in [0.1, 0.15) is 11.6 Å². The molecule has 1 fully saturated rings. The first kappa shape index (κ1) is 25.2. The summed E-state index contributed by atoms with van der Waals surface area (Å²) in [6.07, 6.45) is 3.58. The Labute approximate surface area is 196 Å². The normalized spacial score (nSPS) is 18.1. The molecule has 5 nitrogen and oxygen atoms in total. The highest BCUT2D eigenvalue weighted by molar-refractivity contribution is 5.74. The highest BCUT2D eigenvalue weighted by Gasteiger charge is 2.42. The lowest BCUT2D eigenvalue weighted by Crippen LogP contribution is -2.47. The van der Waals surface area contributed by atoms with Crippen LogP contribution in [0.5, 0.6) is 5.75 Å². The molecule has 2 aromatic carbocycles. The Morgan fingerprint density at radius 1 is 1.24 bits per heavy atom. The summed E-state index contributed by atoms with van der Waals surface area (Å²) < 4.78 is 26.0. The third kappa shape index (κ3) is 5.74. The number of aryl methyl sites for hydroxylation is 1. The fraction of sp³-hybridized carbons (Fsp3) is 0.519. The van der Waals surface area contributed by atoms with Gasteiger partial charge in [-0.2, -0.15) is 0 Å². The van der Waals surface area contributed by atoms with Crippen molar-refractivity contribution in [1.29, 1.82) is 0 Å². The minimum Gasteiger partial charge on any atom is -0.497 e. The van der Waals surface area contributed by atoms with Gasteiger partial charge in [0.15, 0.2) is 0 Å². The molecule has 0 aliphatic carbocycles. The van der Waals surface area contributed by atoms with Gasteiger partial charge in [-0.3, -0.25) is 4.79 Å². The van der Waals surface area contributed by atoms with Crippen molar-refractivity contribution in [3.63, 3.8) is 0 Å². The zero-order valence-electron chi connectivity index (χ0n) is 20.2. The SMILES string of the molecule is COCCCC[C@@](O)(c1cccc(F)c1-c1cc(C)cc(OC)c1)[C@@H]1CCCN(C(C)=O)C1. The number of carbonyl (C=O) groups is 1. The molecule has 0 unspecified atom stereocenters. The van der Waals surface area contributed by atoms with E-state index in [0.717, 1.165) is 31.2 Å². The molecular formula is C27H36FNO4. The van der Waals surface area contributed by atoms with Gasteiger partial charge < -0.3 is 19.5 Å². The molecule has 1 aliphatic rings. The van der Waals surface area contributed by atoms with Crippen LogP contribution in [0.4, 0.5) is 4.39 Å². The zero-order valence-corrected chi connectivity index (χ0v) is 20.2. The number of rotatable bonds is 9. The molecule has 1 heterocycles. The molecule has 33 heavy (non-hydrogen) atoms. The number of amides is 1. The van der Waals surface area contributed by atoms with E-state index >= 15 is 4.39 Å². The Balaban J connectivity index is 2.11. The predicted molar refractivity (Wildman–Crippen MR) is 128 cm³/mol. The number of carbonyl (C=O) groups excluding carboxylic acids is 1. The van der Waals surface area contributed by atoms with E-state index in [9.17, 15) is 9.90 Å². The molecule has 1 amide bonds. The largest absolute Gasteiger partial charge is 0.497 e. The molecular weight excluding hydrogens is 421 g/mol. The van der Waals surface area contributed by atoms with Crippen LogP contribution < -0.4 is 4.74 Å². The van der Waals surface area contributed by atoms with Crippen LogP contribution >= 0.6 is 0 Å². The van der Waals surface area contributed by atoms with E-state index in [1.165, 1.54) is 6.07 Å². The van der Waals surface area contributed by atoms with E-state index in [0.29, 0.717) is 48.6 Å². The molecule has 1 aliphatic heterocycles. The van der Waals surface area contributed by atoms with E-state index in [1.54, 1.807) is 32.1 Å². The fourth-order valence-electron chi connectivity index (χ4n) is 5.04. The minimum absolute atomic E-state index is 0.00400. The van der Waals surface area contributed by atoms with Gasteiger partial charge in [-0.25, -0.2) is 4.39 Å². The van der Waals surface area contributed by atoms with Crippen molar-refractivity contribution < 1.29 is 23.8 Å². The number of halogens is 1. The molecule has 0 aromatic heterocycles. The molecule has 1 saturated heterocycles. The van der Waals surface area contributed by atoms with E-state index in [1.807, 2.05) is 31.2 Å². The van der Waals surface area contributed by atoms with Crippen LogP contribution in [0, 0.1) is 18.7 Å². The predicted octanol–water partition coefficient (Wildman–Crippen LogP) is 5.07. The maximum atomic E-state index is 15.4. The standard InChI is InChI=1S/C27H36FNO4/c1-19-15-21(17-23(16-19)33-4)26-24(10-7-11-25(26)28)27(31,12-5-6-14-32-3)22-9-8-13-29(18-22)20(2)30/h7,10-11,15-17,22,31H,5-6,8-9,12-14,18H2,1-4H3/t22-,27+/m1/s1. The van der Waals surface area contributed by atoms with Crippen molar-refractivity contribution in [1.82, 2.24) is 4.90 Å². The van der Waals surface area contributed by atoms with Crippen molar-refractivity contribution in [2.45, 2.75) is 51.6 Å². The van der Waals surface area contributed by atoms with Gasteiger partial charge in [0.2, 0.25) is 5.91 Å². The lowest BCUT2D eigenvalue weighted by atomic mass is 9.72. The van der Waals surface area contributed by atoms with Gasteiger partial charge in [0, 0.05) is 45.2 Å². The maximum absolute atomic E-state index is 15.4. The molecule has 1 N–H and O–H groups in total. The number of ether oxygens (including phenoxy) is 2. The Kier molecular flexibility index (Phi) is 8.49. The monoisotopic (exact) mass is 457 g/mol. The summed E-state index contributed by atoms with van der Waals surface area (Å²) in [4.78, 5) is 13.9. The van der Waals surface area contributed by atoms with Crippen molar-refractivity contribution in [2.24, 2.45) is 5.92 Å². The number of hydrogen-bond donors (Lipinski definition) is 1. The van der Waals surface area contributed by atoms with Gasteiger partial charge in [0.25, 0.3) is 0 Å². The molecule has 2 atom stereocenters. The number of unbranched alkanes of at least 4 members (excludes halogenated alkanes) is 1. The summed E-state index contributed by atoms with van der Waals surface area (Å²) in [6.45, 7) is 5.26. The van der Waals surface area contributed by atoms with Crippen LogP contribution in [0.25, 0.3) is 11.1 Å². The zero-order chi connectivity index (χ0) is 24.0. The number of hydrogen-bond acceptors (Lipinski definition) is 4. The van der Waals surface area contributed by atoms with Crippen LogP contribution in [0.15, 0.2) is 36.4 Å². The molecule has 6 heteroatoms. The van der Waals surface area contributed by atoms with Crippen LogP contribution in [0.1, 0.15) is 50.2 Å². The number of piperidine rings is 1. The molecule has 0 bridgehead atoms. The highest BCUT2D eigenvalue weighted by atomic mass is 19.1. The van der Waals surface area contributed by atoms with Gasteiger partial charge in [-0.1, -0.05) is 18.2 Å². The number of methoxy groups -OCH3 is 2. The van der Waals surface area contributed by atoms with E-state index in [4.69, 9.17) is 9.47 Å². The van der Waals surface area contributed by atoms with Crippen LogP contribution in [-0.4, -0.2) is 49.8 Å². The summed E-state index contributed by atoms with van der Waals surface area (Å²) in [5.41, 5.74) is 1.31. The molecule has 0 spiro atoms. The summed E-state index contributed by atoms with van der Waals surface area (Å²) in [7, 11) is 3.25. The number of aliphatic hydroxyl groups is 1. The second-order valence-electron chi connectivity index (χ2n) is 9.08. The summed E-state index contributed by atoms with van der Waals surface area (Å²) in [6, 6.07) is 10.5. The summed E-state index contributed by atoms with van der Waals surface area (Å²) in [5, 5.41) is 12.3. The summed E-state index contributed by atoms with van der Waals surface area (Å²) >= 11 is 0. The summed E-state index contributed by atoms with van der Waals surface area (Å²) in [5.74, 6) is 0.0761. The number of likely N-dealkylation sites (tertiary alicyclic amines) is 1. The Bertz CT molecular complexity index is 963. The minimum atomic E-state index is -1.28. The first-order chi connectivity index (χ1) is 15.8. The Morgan fingerprint density at radius 2 is 2.03 bits per heavy atom. The van der Waals surface area contributed by atoms with Gasteiger partial charge in [-0.15, -0.1) is 0 Å². The second kappa shape index (κ2) is 11.1. The average molecular weight is 458 g/mol.